The van der Waals surface area contributed by atoms with E-state index in [1.54, 1.807) is 0 Å². The first-order valence-electron chi connectivity index (χ1n) is 12.2. The van der Waals surface area contributed by atoms with Crippen molar-refractivity contribution in [3.8, 4) is 0 Å². The summed E-state index contributed by atoms with van der Waals surface area (Å²) in [5, 5.41) is 2.99. The summed E-state index contributed by atoms with van der Waals surface area (Å²) in [7, 11) is -11.4. The van der Waals surface area contributed by atoms with E-state index in [-0.39, 0.29) is 18.3 Å². The minimum absolute atomic E-state index is 0.0445. The lowest BCUT2D eigenvalue weighted by molar-refractivity contribution is -0.254. The third kappa shape index (κ3) is 8.51. The number of nitrogens with zero attached hydrogens (tertiary/aromatic N) is 3. The van der Waals surface area contributed by atoms with Gasteiger partial charge in [0.1, 0.15) is 18.2 Å². The van der Waals surface area contributed by atoms with Crippen LogP contribution in [0, 0.1) is 0 Å². The molecule has 16 heteroatoms. The molecule has 0 unspecified atom stereocenters. The van der Waals surface area contributed by atoms with Gasteiger partial charge in [0, 0.05) is 4.91 Å². The first-order chi connectivity index (χ1) is 16.9. The van der Waals surface area contributed by atoms with Crippen LogP contribution in [0.25, 0.3) is 10.4 Å². The van der Waals surface area contributed by atoms with E-state index in [9.17, 15) is 27.1 Å². The molecule has 0 radical (unpaired) electrons. The van der Waals surface area contributed by atoms with Crippen LogP contribution in [0.1, 0.15) is 41.5 Å². The molecule has 1 fully saturated rings. The van der Waals surface area contributed by atoms with Gasteiger partial charge in [-0.2, -0.15) is 21.6 Å². The molecule has 0 aromatic carbocycles. The lowest BCUT2D eigenvalue weighted by Gasteiger charge is -2.49. The van der Waals surface area contributed by atoms with E-state index in [0.29, 0.717) is 0 Å². The minimum Gasteiger partial charge on any atom is -0.414 e. The Morgan fingerprint density at radius 3 is 1.97 bits per heavy atom. The molecule has 222 valence electrons. The van der Waals surface area contributed by atoms with E-state index in [1.807, 2.05) is 67.7 Å². The Morgan fingerprint density at radius 2 is 1.55 bits per heavy atom. The average Bonchev–Trinajstić information content (AvgIpc) is 2.71. The number of rotatable bonds is 11. The van der Waals surface area contributed by atoms with Gasteiger partial charge in [0.25, 0.3) is 0 Å². The highest BCUT2D eigenvalue weighted by molar-refractivity contribution is 7.87. The number of ether oxygens (including phenoxy) is 2. The summed E-state index contributed by atoms with van der Waals surface area (Å²) in [6.07, 6.45) is -4.55. The molecule has 1 rings (SSSR count). The molecule has 1 heterocycles. The molecule has 5 atom stereocenters. The van der Waals surface area contributed by atoms with Gasteiger partial charge in [-0.3, -0.25) is 4.18 Å². The van der Waals surface area contributed by atoms with E-state index in [0.717, 1.165) is 0 Å². The second kappa shape index (κ2) is 12.3. The lowest BCUT2D eigenvalue weighted by Crippen LogP contribution is -2.64. The van der Waals surface area contributed by atoms with Crippen LogP contribution >= 0.6 is 0 Å². The largest absolute Gasteiger partial charge is 0.523 e. The second-order valence-corrected chi connectivity index (χ2v) is 23.4. The number of alkyl halides is 3. The van der Waals surface area contributed by atoms with Gasteiger partial charge in [-0.25, -0.2) is 0 Å². The van der Waals surface area contributed by atoms with Crippen LogP contribution in [0.4, 0.5) is 13.2 Å². The van der Waals surface area contributed by atoms with Crippen molar-refractivity contribution in [1.82, 2.24) is 0 Å². The van der Waals surface area contributed by atoms with E-state index >= 15 is 0 Å². The molecular weight excluding hydrogens is 563 g/mol. The lowest BCUT2D eigenvalue weighted by atomic mass is 9.98. The van der Waals surface area contributed by atoms with Gasteiger partial charge in [0.2, 0.25) is 0 Å². The zero-order valence-corrected chi connectivity index (χ0v) is 26.6. The fraction of sp³-hybridized carbons (Fsp3) is 0.909. The number of halogens is 3. The predicted molar refractivity (Wildman–Crippen MR) is 143 cm³/mol. The highest BCUT2D eigenvalue weighted by Crippen LogP contribution is 2.42. The summed E-state index contributed by atoms with van der Waals surface area (Å²) >= 11 is 0. The maximum atomic E-state index is 13.5. The SMILES string of the molecule is C=CCO[C@@H]1O[C@H](CO[Si](C)(C)C(C)(C)C)[C@H](OS(=O)(=O)C(F)(F)F)[C@H](O[Si](C)(C)C(C)(C)C)[C@H]1N=[N+]=[N-]. The molecule has 0 saturated carbocycles. The molecule has 1 aliphatic rings. The van der Waals surface area contributed by atoms with Crippen molar-refractivity contribution >= 4 is 26.8 Å². The normalized spacial score (nSPS) is 26.1. The Hall–Kier alpha value is -0.976. The van der Waals surface area contributed by atoms with Crippen LogP contribution in [0.5, 0.6) is 0 Å². The van der Waals surface area contributed by atoms with Gasteiger partial charge in [-0.15, -0.1) is 6.58 Å². The zero-order valence-electron chi connectivity index (χ0n) is 23.8. The highest BCUT2D eigenvalue weighted by atomic mass is 32.2. The molecule has 1 saturated heterocycles. The fourth-order valence-electron chi connectivity index (χ4n) is 2.98. The summed E-state index contributed by atoms with van der Waals surface area (Å²) in [5.74, 6) is 0. The molecule has 0 spiro atoms. The van der Waals surface area contributed by atoms with Crippen molar-refractivity contribution in [2.75, 3.05) is 13.2 Å². The summed E-state index contributed by atoms with van der Waals surface area (Å²) in [6, 6.07) is -1.37. The van der Waals surface area contributed by atoms with Crippen molar-refractivity contribution in [3.05, 3.63) is 23.1 Å². The van der Waals surface area contributed by atoms with Crippen LogP contribution in [-0.4, -0.2) is 74.4 Å². The molecular formula is C22H42F3N3O7SSi2. The first kappa shape index (κ1) is 35.1. The van der Waals surface area contributed by atoms with Crippen LogP contribution in [0.15, 0.2) is 17.8 Å². The van der Waals surface area contributed by atoms with E-state index in [4.69, 9.17) is 22.5 Å². The Morgan fingerprint density at radius 1 is 1.03 bits per heavy atom. The van der Waals surface area contributed by atoms with Gasteiger partial charge in [-0.1, -0.05) is 52.7 Å². The van der Waals surface area contributed by atoms with Gasteiger partial charge >= 0.3 is 15.6 Å². The van der Waals surface area contributed by atoms with E-state index in [1.165, 1.54) is 6.08 Å². The molecule has 0 aromatic heterocycles. The maximum absolute atomic E-state index is 13.5. The number of hydrogen-bond donors (Lipinski definition) is 0. The summed E-state index contributed by atoms with van der Waals surface area (Å²) in [6.45, 7) is 22.3. The number of hydrogen-bond acceptors (Lipinski definition) is 8. The minimum atomic E-state index is -6.09. The van der Waals surface area contributed by atoms with E-state index < -0.39 is 67.9 Å². The zero-order chi connectivity index (χ0) is 30.0. The van der Waals surface area contributed by atoms with Crippen molar-refractivity contribution in [2.45, 2.75) is 114 Å². The van der Waals surface area contributed by atoms with Crippen molar-refractivity contribution in [1.29, 1.82) is 0 Å². The third-order valence-electron chi connectivity index (χ3n) is 7.35. The second-order valence-electron chi connectivity index (χ2n) is 12.2. The average molecular weight is 606 g/mol. The molecule has 0 N–H and O–H groups in total. The topological polar surface area (TPSA) is 129 Å². The maximum Gasteiger partial charge on any atom is 0.523 e. The monoisotopic (exact) mass is 605 g/mol. The van der Waals surface area contributed by atoms with Gasteiger partial charge in [0.15, 0.2) is 22.9 Å². The van der Waals surface area contributed by atoms with Crippen molar-refractivity contribution in [2.24, 2.45) is 5.11 Å². The molecule has 0 amide bonds. The smallest absolute Gasteiger partial charge is 0.414 e. The first-order valence-corrected chi connectivity index (χ1v) is 19.4. The summed E-state index contributed by atoms with van der Waals surface area (Å²) < 4.78 is 93.8. The standard InChI is InChI=1S/C22H42F3N3O7SSi2/c1-12-13-31-19-16(27-28-26)18(35-38(10,11)21(5,6)7)17(34-36(29,30)22(23,24)25)15(33-19)14-32-37(8,9)20(2,3)4/h12,15-19H,1,13-14H2,2-11H3/t15-,16-,17+,18-,19-/m1/s1. The highest BCUT2D eigenvalue weighted by Gasteiger charge is 2.57. The van der Waals surface area contributed by atoms with Crippen LogP contribution in [0.3, 0.4) is 0 Å². The molecule has 0 bridgehead atoms. The summed E-state index contributed by atoms with van der Waals surface area (Å²) in [4.78, 5) is 2.81. The summed E-state index contributed by atoms with van der Waals surface area (Å²) in [5.41, 5.74) is 3.57. The Kier molecular flexibility index (Phi) is 11.3. The third-order valence-corrected chi connectivity index (χ3v) is 17.4. The van der Waals surface area contributed by atoms with Crippen molar-refractivity contribution in [3.63, 3.8) is 0 Å². The van der Waals surface area contributed by atoms with Gasteiger partial charge in [-0.05, 0) is 41.8 Å². The predicted octanol–water partition coefficient (Wildman–Crippen LogP) is 6.24. The quantitative estimate of drug-likeness (QED) is 0.0518. The van der Waals surface area contributed by atoms with Crippen LogP contribution < -0.4 is 0 Å². The Bertz CT molecular complexity index is 976. The van der Waals surface area contributed by atoms with Crippen molar-refractivity contribution < 1.29 is 44.1 Å². The Labute approximate surface area is 226 Å². The molecule has 38 heavy (non-hydrogen) atoms. The van der Waals surface area contributed by atoms with Crippen LogP contribution in [-0.2, 0) is 32.6 Å². The molecule has 0 aromatic rings. The Balaban J connectivity index is 3.74. The molecule has 0 aliphatic carbocycles. The molecule has 1 aliphatic heterocycles. The number of azide groups is 1. The van der Waals surface area contributed by atoms with E-state index in [2.05, 4.69) is 16.6 Å². The fourth-order valence-corrected chi connectivity index (χ4v) is 5.94. The van der Waals surface area contributed by atoms with Crippen LogP contribution in [0.2, 0.25) is 36.3 Å². The van der Waals surface area contributed by atoms with Gasteiger partial charge in [0.05, 0.1) is 19.3 Å². The molecule has 10 nitrogen and oxygen atoms in total. The van der Waals surface area contributed by atoms with Gasteiger partial charge < -0.3 is 18.3 Å².